The lowest BCUT2D eigenvalue weighted by atomic mass is 9.94. The molecule has 1 aromatic heterocycles. The van der Waals surface area contributed by atoms with Gasteiger partial charge in [-0.05, 0) is 36.2 Å². The van der Waals surface area contributed by atoms with E-state index in [4.69, 9.17) is 18.9 Å². The van der Waals surface area contributed by atoms with Crippen LogP contribution in [0.3, 0.4) is 0 Å². The standard InChI is InChI=1S/C27H28N2O7S/c1-5-6-11-36-18-9-7-8-16(13-18)23(30)21-22(29(26(32)24(21)31)27-28-10-12-37-27)17-14-19(33-2)25(35-4)20(15-17)34-3/h7-10,12-15,22,30H,5-6,11H2,1-4H3. The van der Waals surface area contributed by atoms with Gasteiger partial charge in [0.25, 0.3) is 5.78 Å². The van der Waals surface area contributed by atoms with Crippen LogP contribution in [-0.2, 0) is 9.59 Å². The van der Waals surface area contributed by atoms with Gasteiger partial charge in [-0.1, -0.05) is 25.5 Å². The van der Waals surface area contributed by atoms with Crippen LogP contribution in [0.25, 0.3) is 5.76 Å². The Morgan fingerprint density at radius 2 is 1.81 bits per heavy atom. The summed E-state index contributed by atoms with van der Waals surface area (Å²) < 4.78 is 22.2. The Bertz CT molecular complexity index is 1300. The number of Topliss-reactive ketones (excluding diaryl/α,β-unsaturated/α-hetero) is 1. The van der Waals surface area contributed by atoms with Gasteiger partial charge < -0.3 is 24.1 Å². The van der Waals surface area contributed by atoms with Crippen molar-refractivity contribution in [3.8, 4) is 23.0 Å². The van der Waals surface area contributed by atoms with Gasteiger partial charge in [0.2, 0.25) is 5.75 Å². The Kier molecular flexibility index (Phi) is 7.98. The zero-order chi connectivity index (χ0) is 26.5. The number of carbonyl (C=O) groups is 2. The normalized spacial score (nSPS) is 16.6. The number of unbranched alkanes of at least 4 members (excludes halogenated alkanes) is 1. The SMILES string of the molecule is CCCCOc1cccc(C(O)=C2C(=O)C(=O)N(c3nccs3)C2c2cc(OC)c(OC)c(OC)c2)c1. The van der Waals surface area contributed by atoms with Crippen molar-refractivity contribution in [2.75, 3.05) is 32.8 Å². The van der Waals surface area contributed by atoms with Crippen molar-refractivity contribution < 1.29 is 33.6 Å². The number of carbonyl (C=O) groups excluding carboxylic acids is 2. The zero-order valence-electron chi connectivity index (χ0n) is 21.0. The number of ether oxygens (including phenoxy) is 4. The lowest BCUT2D eigenvalue weighted by molar-refractivity contribution is -0.132. The molecule has 1 atom stereocenters. The number of benzene rings is 2. The summed E-state index contributed by atoms with van der Waals surface area (Å²) in [5.41, 5.74) is 0.740. The number of rotatable bonds is 10. The molecule has 0 saturated carbocycles. The maximum atomic E-state index is 13.4. The van der Waals surface area contributed by atoms with Gasteiger partial charge in [0.15, 0.2) is 16.6 Å². The second kappa shape index (κ2) is 11.3. The third-order valence-electron chi connectivity index (χ3n) is 5.95. The van der Waals surface area contributed by atoms with E-state index in [2.05, 4.69) is 11.9 Å². The van der Waals surface area contributed by atoms with Crippen LogP contribution in [-0.4, -0.2) is 49.7 Å². The van der Waals surface area contributed by atoms with Crippen LogP contribution in [0.5, 0.6) is 23.0 Å². The fourth-order valence-corrected chi connectivity index (χ4v) is 4.83. The highest BCUT2D eigenvalue weighted by atomic mass is 32.1. The summed E-state index contributed by atoms with van der Waals surface area (Å²) >= 11 is 1.21. The van der Waals surface area contributed by atoms with Crippen LogP contribution in [0, 0.1) is 0 Å². The Balaban J connectivity index is 1.91. The molecule has 0 radical (unpaired) electrons. The van der Waals surface area contributed by atoms with Gasteiger partial charge in [-0.2, -0.15) is 0 Å². The molecule has 3 aromatic rings. The van der Waals surface area contributed by atoms with E-state index in [0.717, 1.165) is 12.8 Å². The molecule has 0 bridgehead atoms. The Morgan fingerprint density at radius 3 is 2.41 bits per heavy atom. The van der Waals surface area contributed by atoms with E-state index in [9.17, 15) is 14.7 Å². The molecule has 4 rings (SSSR count). The number of methoxy groups -OCH3 is 3. The lowest BCUT2D eigenvalue weighted by Crippen LogP contribution is -2.29. The highest BCUT2D eigenvalue weighted by Gasteiger charge is 2.48. The molecule has 194 valence electrons. The molecular formula is C27H28N2O7S. The Hall–Kier alpha value is -4.05. The average Bonchev–Trinajstić information content (AvgIpc) is 3.54. The zero-order valence-corrected chi connectivity index (χ0v) is 21.8. The molecule has 9 nitrogen and oxygen atoms in total. The molecular weight excluding hydrogens is 496 g/mol. The molecule has 1 saturated heterocycles. The summed E-state index contributed by atoms with van der Waals surface area (Å²) in [5.74, 6) is -0.361. The maximum Gasteiger partial charge on any atom is 0.301 e. The van der Waals surface area contributed by atoms with Crippen molar-refractivity contribution in [1.29, 1.82) is 0 Å². The number of aliphatic hydroxyl groups excluding tert-OH is 1. The summed E-state index contributed by atoms with van der Waals surface area (Å²) in [4.78, 5) is 32.2. The quantitative estimate of drug-likeness (QED) is 0.171. The van der Waals surface area contributed by atoms with Gasteiger partial charge in [0.05, 0.1) is 39.6 Å². The van der Waals surface area contributed by atoms with E-state index in [1.807, 2.05) is 0 Å². The van der Waals surface area contributed by atoms with E-state index in [0.29, 0.717) is 45.9 Å². The van der Waals surface area contributed by atoms with Gasteiger partial charge in [0, 0.05) is 17.1 Å². The lowest BCUT2D eigenvalue weighted by Gasteiger charge is -2.24. The minimum Gasteiger partial charge on any atom is -0.507 e. The first-order chi connectivity index (χ1) is 17.9. The summed E-state index contributed by atoms with van der Waals surface area (Å²) in [6, 6.07) is 9.11. The number of hydrogen-bond acceptors (Lipinski definition) is 9. The number of anilines is 1. The summed E-state index contributed by atoms with van der Waals surface area (Å²) in [5, 5.41) is 13.4. The van der Waals surface area contributed by atoms with Crippen molar-refractivity contribution >= 4 is 33.9 Å². The fraction of sp³-hybridized carbons (Fsp3) is 0.296. The first-order valence-corrected chi connectivity index (χ1v) is 12.6. The molecule has 1 unspecified atom stereocenters. The second-order valence-electron chi connectivity index (χ2n) is 8.17. The number of hydrogen-bond donors (Lipinski definition) is 1. The van der Waals surface area contributed by atoms with E-state index >= 15 is 0 Å². The van der Waals surface area contributed by atoms with Gasteiger partial charge in [-0.15, -0.1) is 11.3 Å². The third-order valence-corrected chi connectivity index (χ3v) is 6.72. The third kappa shape index (κ3) is 4.97. The number of aliphatic hydroxyl groups is 1. The number of aromatic nitrogens is 1. The highest BCUT2D eigenvalue weighted by molar-refractivity contribution is 7.14. The van der Waals surface area contributed by atoms with Gasteiger partial charge in [-0.25, -0.2) is 4.98 Å². The maximum absolute atomic E-state index is 13.4. The predicted molar refractivity (Wildman–Crippen MR) is 140 cm³/mol. The molecule has 1 aliphatic heterocycles. The smallest absolute Gasteiger partial charge is 0.301 e. The number of amides is 1. The highest BCUT2D eigenvalue weighted by Crippen LogP contribution is 2.47. The van der Waals surface area contributed by atoms with Crippen LogP contribution in [0.2, 0.25) is 0 Å². The molecule has 10 heteroatoms. The van der Waals surface area contributed by atoms with Crippen LogP contribution in [0.15, 0.2) is 53.5 Å². The van der Waals surface area contributed by atoms with Crippen LogP contribution < -0.4 is 23.8 Å². The second-order valence-corrected chi connectivity index (χ2v) is 9.05. The monoisotopic (exact) mass is 524 g/mol. The predicted octanol–water partition coefficient (Wildman–Crippen LogP) is 4.97. The fourth-order valence-electron chi connectivity index (χ4n) is 4.16. The molecule has 1 amide bonds. The van der Waals surface area contributed by atoms with Crippen molar-refractivity contribution in [2.24, 2.45) is 0 Å². The van der Waals surface area contributed by atoms with Crippen LogP contribution in [0.1, 0.15) is 36.9 Å². The number of thiazole rings is 1. The summed E-state index contributed by atoms with van der Waals surface area (Å²) in [6.45, 7) is 2.59. The van der Waals surface area contributed by atoms with Crippen LogP contribution >= 0.6 is 11.3 Å². The first-order valence-electron chi connectivity index (χ1n) is 11.7. The number of ketones is 1. The van der Waals surface area contributed by atoms with E-state index in [1.165, 1.54) is 37.6 Å². The largest absolute Gasteiger partial charge is 0.507 e. The number of nitrogens with zero attached hydrogens (tertiary/aromatic N) is 2. The van der Waals surface area contributed by atoms with E-state index < -0.39 is 17.7 Å². The first kappa shape index (κ1) is 26.0. The Morgan fingerprint density at radius 1 is 1.08 bits per heavy atom. The van der Waals surface area contributed by atoms with Gasteiger partial charge >= 0.3 is 5.91 Å². The topological polar surface area (TPSA) is 107 Å². The molecule has 37 heavy (non-hydrogen) atoms. The van der Waals surface area contributed by atoms with Crippen molar-refractivity contribution in [2.45, 2.75) is 25.8 Å². The molecule has 0 aliphatic carbocycles. The summed E-state index contributed by atoms with van der Waals surface area (Å²) in [7, 11) is 4.43. The van der Waals surface area contributed by atoms with E-state index in [-0.39, 0.29) is 11.3 Å². The molecule has 2 heterocycles. The Labute approximate surface area is 218 Å². The summed E-state index contributed by atoms with van der Waals surface area (Å²) in [6.07, 6.45) is 3.41. The van der Waals surface area contributed by atoms with E-state index in [1.54, 1.807) is 48.0 Å². The van der Waals surface area contributed by atoms with Crippen LogP contribution in [0.4, 0.5) is 5.13 Å². The van der Waals surface area contributed by atoms with Crippen molar-refractivity contribution in [1.82, 2.24) is 4.98 Å². The molecule has 2 aromatic carbocycles. The molecule has 1 aliphatic rings. The minimum atomic E-state index is -0.996. The molecule has 0 spiro atoms. The van der Waals surface area contributed by atoms with Crippen molar-refractivity contribution in [3.05, 3.63) is 64.7 Å². The minimum absolute atomic E-state index is 0.0832. The molecule has 1 fully saturated rings. The average molecular weight is 525 g/mol. The molecule has 1 N–H and O–H groups in total. The van der Waals surface area contributed by atoms with Crippen molar-refractivity contribution in [3.63, 3.8) is 0 Å². The van der Waals surface area contributed by atoms with Gasteiger partial charge in [-0.3, -0.25) is 14.5 Å². The van der Waals surface area contributed by atoms with Gasteiger partial charge in [0.1, 0.15) is 11.5 Å².